The number of aromatic nitrogens is 2. The Kier molecular flexibility index (Phi) is 5.33. The fourth-order valence-electron chi connectivity index (χ4n) is 2.36. The summed E-state index contributed by atoms with van der Waals surface area (Å²) in [4.78, 5) is 19.6. The molecule has 124 valence electrons. The van der Waals surface area contributed by atoms with Crippen LogP contribution in [0.1, 0.15) is 12.2 Å². The van der Waals surface area contributed by atoms with E-state index in [1.807, 2.05) is 36.4 Å². The number of para-hydroxylation sites is 3. The molecule has 3 aromatic rings. The molecule has 2 aromatic carbocycles. The molecule has 1 amide bonds. The summed E-state index contributed by atoms with van der Waals surface area (Å²) in [5.41, 5.74) is 1.99. The summed E-state index contributed by atoms with van der Waals surface area (Å²) in [6.45, 7) is 0.524. The molecular weight excluding hydrogens is 326 g/mol. The van der Waals surface area contributed by atoms with E-state index in [0.717, 1.165) is 29.7 Å². The Morgan fingerprint density at radius 3 is 2.79 bits per heavy atom. The molecule has 0 spiro atoms. The normalized spacial score (nSPS) is 10.7. The molecule has 0 aliphatic rings. The van der Waals surface area contributed by atoms with E-state index in [4.69, 9.17) is 16.3 Å². The number of aryl methyl sites for hydroxylation is 1. The zero-order valence-corrected chi connectivity index (χ0v) is 13.8. The number of ether oxygens (including phenoxy) is 1. The van der Waals surface area contributed by atoms with Crippen molar-refractivity contribution in [3.63, 3.8) is 0 Å². The highest BCUT2D eigenvalue weighted by atomic mass is 35.5. The van der Waals surface area contributed by atoms with Crippen molar-refractivity contribution in [2.24, 2.45) is 0 Å². The minimum Gasteiger partial charge on any atom is -0.482 e. The van der Waals surface area contributed by atoms with E-state index in [9.17, 15) is 4.79 Å². The summed E-state index contributed by atoms with van der Waals surface area (Å²) in [6, 6.07) is 15.0. The van der Waals surface area contributed by atoms with Gasteiger partial charge in [-0.1, -0.05) is 35.9 Å². The zero-order chi connectivity index (χ0) is 16.8. The largest absolute Gasteiger partial charge is 0.482 e. The summed E-state index contributed by atoms with van der Waals surface area (Å²) in [6.07, 6.45) is 1.58. The van der Waals surface area contributed by atoms with E-state index in [2.05, 4.69) is 15.3 Å². The van der Waals surface area contributed by atoms with E-state index in [1.54, 1.807) is 12.1 Å². The quantitative estimate of drug-likeness (QED) is 0.646. The van der Waals surface area contributed by atoms with E-state index in [1.165, 1.54) is 0 Å². The molecule has 0 aliphatic carbocycles. The number of benzene rings is 2. The van der Waals surface area contributed by atoms with Crippen molar-refractivity contribution >= 4 is 28.5 Å². The number of imidazole rings is 1. The zero-order valence-electron chi connectivity index (χ0n) is 13.1. The molecule has 24 heavy (non-hydrogen) atoms. The Balaban J connectivity index is 1.38. The van der Waals surface area contributed by atoms with Crippen molar-refractivity contribution in [1.29, 1.82) is 0 Å². The lowest BCUT2D eigenvalue weighted by atomic mass is 10.3. The lowest BCUT2D eigenvalue weighted by Gasteiger charge is -2.08. The maximum atomic E-state index is 11.8. The molecule has 0 bridgehead atoms. The fraction of sp³-hybridized carbons (Fsp3) is 0.222. The van der Waals surface area contributed by atoms with E-state index in [0.29, 0.717) is 17.3 Å². The van der Waals surface area contributed by atoms with Gasteiger partial charge >= 0.3 is 0 Å². The molecule has 5 nitrogen and oxygen atoms in total. The Morgan fingerprint density at radius 1 is 1.17 bits per heavy atom. The van der Waals surface area contributed by atoms with Gasteiger partial charge in [-0.25, -0.2) is 4.98 Å². The molecule has 0 saturated heterocycles. The molecule has 0 aliphatic heterocycles. The fourth-order valence-corrected chi connectivity index (χ4v) is 2.55. The number of H-pyrrole nitrogens is 1. The Bertz CT molecular complexity index is 799. The van der Waals surface area contributed by atoms with Gasteiger partial charge in [0.15, 0.2) is 6.61 Å². The second-order valence-electron chi connectivity index (χ2n) is 5.37. The van der Waals surface area contributed by atoms with Gasteiger partial charge < -0.3 is 15.0 Å². The maximum Gasteiger partial charge on any atom is 0.257 e. The number of amides is 1. The highest BCUT2D eigenvalue weighted by Gasteiger charge is 2.06. The SMILES string of the molecule is O=C(COc1ccccc1Cl)NCCCc1nc2ccccc2[nH]1. The van der Waals surface area contributed by atoms with Crippen LogP contribution in [0, 0.1) is 0 Å². The number of rotatable bonds is 7. The van der Waals surface area contributed by atoms with Crippen LogP contribution >= 0.6 is 11.6 Å². The first-order valence-electron chi connectivity index (χ1n) is 7.80. The third-order valence-electron chi connectivity index (χ3n) is 3.55. The second-order valence-corrected chi connectivity index (χ2v) is 5.78. The second kappa shape index (κ2) is 7.84. The molecule has 0 saturated carbocycles. The molecule has 2 N–H and O–H groups in total. The van der Waals surface area contributed by atoms with Gasteiger partial charge in [0.25, 0.3) is 5.91 Å². The number of fused-ring (bicyclic) bond motifs is 1. The average Bonchev–Trinajstić information content (AvgIpc) is 3.01. The van der Waals surface area contributed by atoms with Crippen LogP contribution in [0.5, 0.6) is 5.75 Å². The van der Waals surface area contributed by atoms with Crippen molar-refractivity contribution in [3.05, 3.63) is 59.4 Å². The van der Waals surface area contributed by atoms with Crippen LogP contribution in [0.2, 0.25) is 5.02 Å². The van der Waals surface area contributed by atoms with Gasteiger partial charge in [0.2, 0.25) is 0 Å². The number of halogens is 1. The van der Waals surface area contributed by atoms with Crippen molar-refractivity contribution < 1.29 is 9.53 Å². The molecule has 0 unspecified atom stereocenters. The Labute approximate surface area is 145 Å². The molecule has 6 heteroatoms. The lowest BCUT2D eigenvalue weighted by Crippen LogP contribution is -2.30. The summed E-state index contributed by atoms with van der Waals surface area (Å²) in [7, 11) is 0. The number of carbonyl (C=O) groups is 1. The van der Waals surface area contributed by atoms with Gasteiger partial charge in [0.05, 0.1) is 16.1 Å². The van der Waals surface area contributed by atoms with Crippen LogP contribution in [0.25, 0.3) is 11.0 Å². The van der Waals surface area contributed by atoms with Crippen LogP contribution in [0.3, 0.4) is 0 Å². The summed E-state index contributed by atoms with van der Waals surface area (Å²) in [5, 5.41) is 3.32. The predicted octanol–water partition coefficient (Wildman–Crippen LogP) is 3.34. The summed E-state index contributed by atoms with van der Waals surface area (Å²) < 4.78 is 5.39. The minimum atomic E-state index is -0.167. The van der Waals surface area contributed by atoms with E-state index in [-0.39, 0.29) is 12.5 Å². The topological polar surface area (TPSA) is 67.0 Å². The molecule has 0 atom stereocenters. The van der Waals surface area contributed by atoms with Crippen molar-refractivity contribution in [3.8, 4) is 5.75 Å². The number of hydrogen-bond acceptors (Lipinski definition) is 3. The average molecular weight is 344 g/mol. The smallest absolute Gasteiger partial charge is 0.257 e. The van der Waals surface area contributed by atoms with Crippen molar-refractivity contribution in [2.75, 3.05) is 13.2 Å². The van der Waals surface area contributed by atoms with Gasteiger partial charge in [-0.2, -0.15) is 0 Å². The lowest BCUT2D eigenvalue weighted by molar-refractivity contribution is -0.123. The third kappa shape index (κ3) is 4.26. The van der Waals surface area contributed by atoms with Crippen LogP contribution in [-0.2, 0) is 11.2 Å². The maximum absolute atomic E-state index is 11.8. The van der Waals surface area contributed by atoms with Gasteiger partial charge in [-0.3, -0.25) is 4.79 Å². The highest BCUT2D eigenvalue weighted by molar-refractivity contribution is 6.32. The van der Waals surface area contributed by atoms with Crippen molar-refractivity contribution in [2.45, 2.75) is 12.8 Å². The number of carbonyl (C=O) groups excluding carboxylic acids is 1. The molecular formula is C18H18ClN3O2. The van der Waals surface area contributed by atoms with Gasteiger partial charge in [0, 0.05) is 13.0 Å². The van der Waals surface area contributed by atoms with E-state index < -0.39 is 0 Å². The molecule has 1 aromatic heterocycles. The standard InChI is InChI=1S/C18H18ClN3O2/c19-13-6-1-4-9-16(13)24-12-18(23)20-11-5-10-17-21-14-7-2-3-8-15(14)22-17/h1-4,6-9H,5,10-12H2,(H,20,23)(H,21,22). The van der Waals surface area contributed by atoms with Gasteiger partial charge in [0.1, 0.15) is 11.6 Å². The summed E-state index contributed by atoms with van der Waals surface area (Å²) in [5.74, 6) is 1.27. The Hall–Kier alpha value is -2.53. The number of nitrogens with one attached hydrogen (secondary N) is 2. The number of aromatic amines is 1. The highest BCUT2D eigenvalue weighted by Crippen LogP contribution is 2.22. The minimum absolute atomic E-state index is 0.0473. The molecule has 1 heterocycles. The van der Waals surface area contributed by atoms with Crippen LogP contribution < -0.4 is 10.1 Å². The van der Waals surface area contributed by atoms with Gasteiger partial charge in [-0.15, -0.1) is 0 Å². The Morgan fingerprint density at radius 2 is 1.96 bits per heavy atom. The number of hydrogen-bond donors (Lipinski definition) is 2. The monoisotopic (exact) mass is 343 g/mol. The third-order valence-corrected chi connectivity index (χ3v) is 3.86. The van der Waals surface area contributed by atoms with Crippen LogP contribution in [-0.4, -0.2) is 29.0 Å². The first-order valence-corrected chi connectivity index (χ1v) is 8.18. The van der Waals surface area contributed by atoms with Gasteiger partial charge in [-0.05, 0) is 30.7 Å². The van der Waals surface area contributed by atoms with Crippen molar-refractivity contribution in [1.82, 2.24) is 15.3 Å². The molecule has 3 rings (SSSR count). The van der Waals surface area contributed by atoms with Crippen LogP contribution in [0.15, 0.2) is 48.5 Å². The summed E-state index contributed by atoms with van der Waals surface area (Å²) >= 11 is 5.97. The van der Waals surface area contributed by atoms with Crippen LogP contribution in [0.4, 0.5) is 0 Å². The molecule has 0 fully saturated rings. The first-order chi connectivity index (χ1) is 11.7. The van der Waals surface area contributed by atoms with E-state index >= 15 is 0 Å². The molecule has 0 radical (unpaired) electrons. The number of nitrogens with zero attached hydrogens (tertiary/aromatic N) is 1. The predicted molar refractivity (Wildman–Crippen MR) is 94.4 cm³/mol. The first kappa shape index (κ1) is 16.3.